The van der Waals surface area contributed by atoms with E-state index in [0.29, 0.717) is 56.7 Å². The van der Waals surface area contributed by atoms with E-state index in [2.05, 4.69) is 39.6 Å². The SMILES string of the molecule is Fc1cc(Cl)ccc1Cc1ncc(F)c(OC2CCN(Cc3nc4cc(-c5nnc(C(F)(F)F)[nH]5)ncc4n3C[C@]3([SiH3])CCO3)CC2)n1. The average Bonchev–Trinajstić information content (AvgIpc) is 3.66. The van der Waals surface area contributed by atoms with Gasteiger partial charge in [0.2, 0.25) is 11.6 Å². The zero-order valence-corrected chi connectivity index (χ0v) is 28.3. The van der Waals surface area contributed by atoms with Crippen molar-refractivity contribution in [1.82, 2.24) is 44.6 Å². The first-order chi connectivity index (χ1) is 22.9. The summed E-state index contributed by atoms with van der Waals surface area (Å²) in [5, 5.41) is 6.86. The third-order valence-electron chi connectivity index (χ3n) is 8.59. The van der Waals surface area contributed by atoms with E-state index in [9.17, 15) is 22.0 Å². The van der Waals surface area contributed by atoms with Gasteiger partial charge in [0.05, 0.1) is 35.2 Å². The number of aromatic amines is 1. The van der Waals surface area contributed by atoms with Crippen molar-refractivity contribution in [2.75, 3.05) is 19.7 Å². The second-order valence-corrected chi connectivity index (χ2v) is 14.4. The number of rotatable bonds is 9. The van der Waals surface area contributed by atoms with Gasteiger partial charge in [-0.3, -0.25) is 9.88 Å². The Kier molecular flexibility index (Phi) is 8.63. The first-order valence-electron chi connectivity index (χ1n) is 15.3. The van der Waals surface area contributed by atoms with Crippen LogP contribution in [0.4, 0.5) is 22.0 Å². The summed E-state index contributed by atoms with van der Waals surface area (Å²) in [7, 11) is 0.803. The lowest BCUT2D eigenvalue weighted by Crippen LogP contribution is -2.48. The van der Waals surface area contributed by atoms with Crippen LogP contribution in [0.15, 0.2) is 36.7 Å². The van der Waals surface area contributed by atoms with Crippen LogP contribution in [0.3, 0.4) is 0 Å². The minimum absolute atomic E-state index is 0.0513. The third-order valence-corrected chi connectivity index (χ3v) is 9.93. The van der Waals surface area contributed by atoms with Crippen molar-refractivity contribution < 1.29 is 31.4 Å². The molecule has 11 nitrogen and oxygen atoms in total. The first kappa shape index (κ1) is 32.5. The van der Waals surface area contributed by atoms with Crippen molar-refractivity contribution in [3.05, 3.63) is 76.4 Å². The Labute approximate surface area is 278 Å². The number of ether oxygens (including phenoxy) is 2. The van der Waals surface area contributed by atoms with E-state index in [1.165, 1.54) is 12.1 Å². The zero-order valence-electron chi connectivity index (χ0n) is 25.6. The maximum Gasteiger partial charge on any atom is 0.451 e. The number of benzene rings is 1. The largest absolute Gasteiger partial charge is 0.472 e. The van der Waals surface area contributed by atoms with E-state index in [-0.39, 0.29) is 46.0 Å². The lowest BCUT2D eigenvalue weighted by atomic mass is 10.1. The summed E-state index contributed by atoms with van der Waals surface area (Å²) in [4.78, 5) is 21.9. The number of aromatic nitrogens is 8. The van der Waals surface area contributed by atoms with Gasteiger partial charge < -0.3 is 19.0 Å². The van der Waals surface area contributed by atoms with Crippen molar-refractivity contribution in [2.45, 2.75) is 56.3 Å². The van der Waals surface area contributed by atoms with Crippen LogP contribution in [0.1, 0.15) is 42.3 Å². The molecule has 0 saturated carbocycles. The number of alkyl halides is 3. The molecule has 1 aromatic carbocycles. The van der Waals surface area contributed by atoms with Gasteiger partial charge in [-0.25, -0.2) is 14.4 Å². The molecule has 0 bridgehead atoms. The Balaban J connectivity index is 1.04. The molecule has 252 valence electrons. The van der Waals surface area contributed by atoms with Crippen molar-refractivity contribution >= 4 is 32.9 Å². The molecular formula is C30H29ClF5N9O2Si. The number of nitrogens with one attached hydrogen (secondary N) is 1. The number of hydrogen-bond donors (Lipinski definition) is 1. The molecule has 1 N–H and O–H groups in total. The monoisotopic (exact) mass is 705 g/mol. The van der Waals surface area contributed by atoms with E-state index < -0.39 is 23.6 Å². The maximum atomic E-state index is 14.6. The Morgan fingerprint density at radius 3 is 2.54 bits per heavy atom. The van der Waals surface area contributed by atoms with E-state index in [1.807, 2.05) is 0 Å². The number of likely N-dealkylation sites (tertiary alicyclic amines) is 1. The molecule has 7 rings (SSSR count). The van der Waals surface area contributed by atoms with Crippen LogP contribution < -0.4 is 4.74 Å². The summed E-state index contributed by atoms with van der Waals surface area (Å²) in [6.45, 7) is 3.04. The summed E-state index contributed by atoms with van der Waals surface area (Å²) >= 11 is 5.84. The number of piperidine rings is 1. The van der Waals surface area contributed by atoms with Gasteiger partial charge in [0.1, 0.15) is 29.3 Å². The van der Waals surface area contributed by atoms with Crippen molar-refractivity contribution in [3.8, 4) is 17.4 Å². The lowest BCUT2D eigenvalue weighted by Gasteiger charge is -2.40. The fraction of sp³-hybridized carbons (Fsp3) is 0.400. The van der Waals surface area contributed by atoms with E-state index in [1.54, 1.807) is 18.3 Å². The second-order valence-electron chi connectivity index (χ2n) is 12.2. The molecular weight excluding hydrogens is 677 g/mol. The molecule has 48 heavy (non-hydrogen) atoms. The second kappa shape index (κ2) is 12.8. The molecule has 4 aromatic heterocycles. The summed E-state index contributed by atoms with van der Waals surface area (Å²) in [6, 6.07) is 5.90. The van der Waals surface area contributed by atoms with Crippen LogP contribution in [0.5, 0.6) is 5.88 Å². The number of halogens is 6. The Morgan fingerprint density at radius 2 is 1.85 bits per heavy atom. The van der Waals surface area contributed by atoms with E-state index in [0.717, 1.165) is 34.2 Å². The van der Waals surface area contributed by atoms with Crippen LogP contribution in [0, 0.1) is 11.6 Å². The van der Waals surface area contributed by atoms with Crippen LogP contribution in [-0.2, 0) is 30.4 Å². The highest BCUT2D eigenvalue weighted by Crippen LogP contribution is 2.31. The van der Waals surface area contributed by atoms with Crippen LogP contribution >= 0.6 is 11.6 Å². The van der Waals surface area contributed by atoms with Crippen LogP contribution in [0.2, 0.25) is 5.02 Å². The van der Waals surface area contributed by atoms with E-state index in [4.69, 9.17) is 26.1 Å². The summed E-state index contributed by atoms with van der Waals surface area (Å²) in [5.41, 5.74) is 1.83. The van der Waals surface area contributed by atoms with Gasteiger partial charge in [0.15, 0.2) is 5.82 Å². The highest BCUT2D eigenvalue weighted by atomic mass is 35.5. The first-order valence-corrected chi connectivity index (χ1v) is 16.6. The molecule has 0 spiro atoms. The number of H-pyrrole nitrogens is 1. The fourth-order valence-electron chi connectivity index (χ4n) is 5.85. The fourth-order valence-corrected chi connectivity index (χ4v) is 6.73. The average molecular weight is 706 g/mol. The van der Waals surface area contributed by atoms with Crippen molar-refractivity contribution in [3.63, 3.8) is 0 Å². The number of nitrogens with zero attached hydrogens (tertiary/aromatic N) is 8. The normalized spacial score (nSPS) is 19.2. The van der Waals surface area contributed by atoms with Crippen LogP contribution in [0.25, 0.3) is 22.6 Å². The number of fused-ring (bicyclic) bond motifs is 1. The Hall–Kier alpha value is -4.06. The molecule has 0 unspecified atom stereocenters. The molecule has 5 aromatic rings. The van der Waals surface area contributed by atoms with Gasteiger partial charge in [-0.2, -0.15) is 22.5 Å². The molecule has 18 heteroatoms. The molecule has 2 fully saturated rings. The smallest absolute Gasteiger partial charge is 0.451 e. The predicted octanol–water partition coefficient (Wildman–Crippen LogP) is 4.07. The van der Waals surface area contributed by atoms with Gasteiger partial charge in [-0.15, -0.1) is 10.2 Å². The van der Waals surface area contributed by atoms with Gasteiger partial charge in [0.25, 0.3) is 5.88 Å². The molecule has 0 amide bonds. The molecule has 2 aliphatic rings. The van der Waals surface area contributed by atoms with Gasteiger partial charge in [0, 0.05) is 47.9 Å². The van der Waals surface area contributed by atoms with Crippen molar-refractivity contribution in [1.29, 1.82) is 0 Å². The quantitative estimate of drug-likeness (QED) is 0.179. The maximum absolute atomic E-state index is 14.6. The standard InChI is InChI=1S/C30H29ClF5N9O2Si/c31-17-2-1-16(19(32)10-17)9-24-38-12-20(33)27(40-24)47-18-3-6-44(7-4-18)14-25-39-21-11-22(26-41-28(43-42-26)30(34,35)36)37-13-23(21)45(25)15-29(48)5-8-46-29/h1-2,10-13,18H,3-9,14-15H2,48H3,(H,41,42,43)/t29-/m1/s1. The summed E-state index contributed by atoms with van der Waals surface area (Å²) in [6.07, 6.45) is -0.168. The zero-order chi connectivity index (χ0) is 33.6. The highest BCUT2D eigenvalue weighted by molar-refractivity contribution is 6.30. The van der Waals surface area contributed by atoms with E-state index >= 15 is 0 Å². The lowest BCUT2D eigenvalue weighted by molar-refractivity contribution is -0.144. The number of pyridine rings is 1. The molecule has 2 aliphatic heterocycles. The van der Waals surface area contributed by atoms with Crippen molar-refractivity contribution in [2.24, 2.45) is 0 Å². The van der Waals surface area contributed by atoms with Gasteiger partial charge in [-0.05, 0) is 43.0 Å². The van der Waals surface area contributed by atoms with Gasteiger partial charge >= 0.3 is 6.18 Å². The molecule has 0 aliphatic carbocycles. The minimum atomic E-state index is -4.66. The minimum Gasteiger partial charge on any atom is -0.472 e. The molecule has 1 atom stereocenters. The molecule has 0 radical (unpaired) electrons. The van der Waals surface area contributed by atoms with Gasteiger partial charge in [-0.1, -0.05) is 17.7 Å². The Bertz CT molecular complexity index is 1960. The van der Waals surface area contributed by atoms with Crippen LogP contribution in [-0.4, -0.2) is 85.9 Å². The number of imidazole rings is 1. The Morgan fingerprint density at radius 1 is 1.06 bits per heavy atom. The topological polar surface area (TPSA) is 120 Å². The molecule has 6 heterocycles. The highest BCUT2D eigenvalue weighted by Gasteiger charge is 2.37. The molecule has 2 saturated heterocycles. The third kappa shape index (κ3) is 6.90. The number of hydrogen-bond acceptors (Lipinski definition) is 9. The summed E-state index contributed by atoms with van der Waals surface area (Å²) in [5.74, 6) is -1.69. The predicted molar refractivity (Wildman–Crippen MR) is 166 cm³/mol. The summed E-state index contributed by atoms with van der Waals surface area (Å²) < 4.78 is 82.1.